The summed E-state index contributed by atoms with van der Waals surface area (Å²) in [4.78, 5) is 15.2. The van der Waals surface area contributed by atoms with E-state index in [0.717, 1.165) is 23.5 Å². The summed E-state index contributed by atoms with van der Waals surface area (Å²) in [5.41, 5.74) is 1.04. The van der Waals surface area contributed by atoms with Crippen molar-refractivity contribution < 1.29 is 4.79 Å². The molecule has 0 radical (unpaired) electrons. The molecule has 1 rings (SSSR count). The van der Waals surface area contributed by atoms with Crippen LogP contribution >= 0.6 is 22.9 Å². The van der Waals surface area contributed by atoms with Crippen molar-refractivity contribution in [3.8, 4) is 0 Å². The van der Waals surface area contributed by atoms with Crippen LogP contribution in [-0.2, 0) is 17.6 Å². The summed E-state index contributed by atoms with van der Waals surface area (Å²) in [7, 11) is 0. The zero-order valence-corrected chi connectivity index (χ0v) is 9.62. The highest BCUT2D eigenvalue weighted by Gasteiger charge is 2.01. The second-order valence-electron chi connectivity index (χ2n) is 2.82. The fraction of sp³-hybridized carbons (Fsp3) is 0.556. The van der Waals surface area contributed by atoms with Crippen LogP contribution in [0.25, 0.3) is 0 Å². The fourth-order valence-electron chi connectivity index (χ4n) is 1.00. The Morgan fingerprint density at radius 1 is 1.71 bits per heavy atom. The van der Waals surface area contributed by atoms with Gasteiger partial charge in [0.25, 0.3) is 0 Å². The number of nitrogens with one attached hydrogen (secondary N) is 1. The van der Waals surface area contributed by atoms with E-state index in [4.69, 9.17) is 11.6 Å². The van der Waals surface area contributed by atoms with Crippen molar-refractivity contribution in [1.82, 2.24) is 10.3 Å². The third kappa shape index (κ3) is 3.64. The van der Waals surface area contributed by atoms with Gasteiger partial charge in [0.2, 0.25) is 5.91 Å². The van der Waals surface area contributed by atoms with Crippen molar-refractivity contribution >= 4 is 28.8 Å². The van der Waals surface area contributed by atoms with Gasteiger partial charge in [-0.15, -0.1) is 22.9 Å². The first-order chi connectivity index (χ1) is 6.76. The lowest BCUT2D eigenvalue weighted by molar-refractivity contribution is -0.118. The summed E-state index contributed by atoms with van der Waals surface area (Å²) < 4.78 is 0. The van der Waals surface area contributed by atoms with Crippen LogP contribution in [-0.4, -0.2) is 23.3 Å². The molecule has 1 aromatic heterocycles. The van der Waals surface area contributed by atoms with Gasteiger partial charge in [-0.1, -0.05) is 6.92 Å². The van der Waals surface area contributed by atoms with Crippen LogP contribution in [0.1, 0.15) is 17.6 Å². The average molecular weight is 233 g/mol. The quantitative estimate of drug-likeness (QED) is 0.784. The van der Waals surface area contributed by atoms with Gasteiger partial charge >= 0.3 is 0 Å². The standard InChI is InChI=1S/C9H13ClN2OS/c1-2-9-12-7(6-14-9)3-4-11-8(13)5-10/h6H,2-5H2,1H3,(H,11,13). The minimum absolute atomic E-state index is 0.0251. The minimum atomic E-state index is -0.127. The smallest absolute Gasteiger partial charge is 0.234 e. The van der Waals surface area contributed by atoms with Crippen LogP contribution in [0, 0.1) is 0 Å². The van der Waals surface area contributed by atoms with Crippen molar-refractivity contribution in [3.05, 3.63) is 16.1 Å². The molecule has 1 heterocycles. The fourth-order valence-corrected chi connectivity index (χ4v) is 1.88. The number of hydrogen-bond donors (Lipinski definition) is 1. The first-order valence-corrected chi connectivity index (χ1v) is 5.93. The molecule has 78 valence electrons. The zero-order chi connectivity index (χ0) is 10.4. The number of nitrogens with zero attached hydrogens (tertiary/aromatic N) is 1. The van der Waals surface area contributed by atoms with Crippen LogP contribution in [0.4, 0.5) is 0 Å². The summed E-state index contributed by atoms with van der Waals surface area (Å²) in [5, 5.41) is 5.88. The molecule has 0 aliphatic rings. The average Bonchev–Trinajstić information content (AvgIpc) is 2.65. The molecule has 1 aromatic rings. The van der Waals surface area contributed by atoms with Crippen molar-refractivity contribution in [3.63, 3.8) is 0 Å². The molecule has 14 heavy (non-hydrogen) atoms. The van der Waals surface area contributed by atoms with Gasteiger partial charge in [-0.2, -0.15) is 0 Å². The maximum absolute atomic E-state index is 10.8. The van der Waals surface area contributed by atoms with Gasteiger partial charge in [-0.05, 0) is 6.42 Å². The lowest BCUT2D eigenvalue weighted by atomic mass is 10.3. The largest absolute Gasteiger partial charge is 0.355 e. The molecule has 0 saturated heterocycles. The van der Waals surface area contributed by atoms with E-state index in [0.29, 0.717) is 6.54 Å². The molecule has 5 heteroatoms. The van der Waals surface area contributed by atoms with Gasteiger partial charge in [0.15, 0.2) is 0 Å². The highest BCUT2D eigenvalue weighted by molar-refractivity contribution is 7.09. The van der Waals surface area contributed by atoms with Gasteiger partial charge in [-0.25, -0.2) is 4.98 Å². The van der Waals surface area contributed by atoms with Gasteiger partial charge < -0.3 is 5.32 Å². The summed E-state index contributed by atoms with van der Waals surface area (Å²) in [6.45, 7) is 2.69. The Kier molecular flexibility index (Phi) is 4.90. The number of carbonyl (C=O) groups excluding carboxylic acids is 1. The normalized spacial score (nSPS) is 10.1. The molecule has 0 aliphatic heterocycles. The number of aromatic nitrogens is 1. The first kappa shape index (κ1) is 11.5. The molecular formula is C9H13ClN2OS. The second-order valence-corrected chi connectivity index (χ2v) is 4.03. The lowest BCUT2D eigenvalue weighted by Gasteiger charge is -1.99. The van der Waals surface area contributed by atoms with Gasteiger partial charge in [-0.3, -0.25) is 4.79 Å². The maximum atomic E-state index is 10.8. The number of thiazole rings is 1. The van der Waals surface area contributed by atoms with Crippen molar-refractivity contribution in [1.29, 1.82) is 0 Å². The SMILES string of the molecule is CCc1nc(CCNC(=O)CCl)cs1. The Morgan fingerprint density at radius 3 is 3.07 bits per heavy atom. The molecule has 1 amide bonds. The van der Waals surface area contributed by atoms with Gasteiger partial charge in [0.05, 0.1) is 10.7 Å². The van der Waals surface area contributed by atoms with E-state index in [9.17, 15) is 4.79 Å². The van der Waals surface area contributed by atoms with E-state index >= 15 is 0 Å². The molecule has 0 saturated carbocycles. The molecule has 1 N–H and O–H groups in total. The zero-order valence-electron chi connectivity index (χ0n) is 8.05. The Morgan fingerprint density at radius 2 is 2.50 bits per heavy atom. The summed E-state index contributed by atoms with van der Waals surface area (Å²) in [6, 6.07) is 0. The van der Waals surface area contributed by atoms with Crippen LogP contribution in [0.5, 0.6) is 0 Å². The predicted molar refractivity (Wildman–Crippen MR) is 58.9 cm³/mol. The van der Waals surface area contributed by atoms with E-state index < -0.39 is 0 Å². The second kappa shape index (κ2) is 5.98. The molecule has 0 spiro atoms. The summed E-state index contributed by atoms with van der Waals surface area (Å²) >= 11 is 7.00. The van der Waals surface area contributed by atoms with E-state index in [1.807, 2.05) is 5.38 Å². The molecular weight excluding hydrogens is 220 g/mol. The van der Waals surface area contributed by atoms with Crippen LogP contribution < -0.4 is 5.32 Å². The number of halogens is 1. The van der Waals surface area contributed by atoms with Crippen molar-refractivity contribution in [2.75, 3.05) is 12.4 Å². The van der Waals surface area contributed by atoms with E-state index in [-0.39, 0.29) is 11.8 Å². The molecule has 0 aromatic carbocycles. The molecule has 3 nitrogen and oxygen atoms in total. The summed E-state index contributed by atoms with van der Waals surface area (Å²) in [5.74, 6) is -0.102. The predicted octanol–water partition coefficient (Wildman–Crippen LogP) is 1.60. The van der Waals surface area contributed by atoms with E-state index in [1.165, 1.54) is 0 Å². The molecule has 0 bridgehead atoms. The van der Waals surface area contributed by atoms with Crippen LogP contribution in [0.2, 0.25) is 0 Å². The van der Waals surface area contributed by atoms with Crippen LogP contribution in [0.3, 0.4) is 0 Å². The number of amides is 1. The number of carbonyl (C=O) groups is 1. The Labute approximate surface area is 92.5 Å². The van der Waals surface area contributed by atoms with E-state index in [2.05, 4.69) is 17.2 Å². The third-order valence-corrected chi connectivity index (χ3v) is 3.01. The topological polar surface area (TPSA) is 42.0 Å². The van der Waals surface area contributed by atoms with Gasteiger partial charge in [0.1, 0.15) is 5.88 Å². The number of aryl methyl sites for hydroxylation is 1. The molecule has 0 unspecified atom stereocenters. The lowest BCUT2D eigenvalue weighted by Crippen LogP contribution is -2.26. The highest BCUT2D eigenvalue weighted by atomic mass is 35.5. The Bertz CT molecular complexity index is 301. The maximum Gasteiger partial charge on any atom is 0.234 e. The van der Waals surface area contributed by atoms with Crippen molar-refractivity contribution in [2.45, 2.75) is 19.8 Å². The van der Waals surface area contributed by atoms with Gasteiger partial charge in [0, 0.05) is 18.3 Å². The van der Waals surface area contributed by atoms with Crippen molar-refractivity contribution in [2.24, 2.45) is 0 Å². The summed E-state index contributed by atoms with van der Waals surface area (Å²) in [6.07, 6.45) is 1.75. The number of alkyl halides is 1. The molecule has 0 fully saturated rings. The van der Waals surface area contributed by atoms with Crippen LogP contribution in [0.15, 0.2) is 5.38 Å². The number of hydrogen-bond acceptors (Lipinski definition) is 3. The highest BCUT2D eigenvalue weighted by Crippen LogP contribution is 2.09. The van der Waals surface area contributed by atoms with E-state index in [1.54, 1.807) is 11.3 Å². The molecule has 0 atom stereocenters. The third-order valence-electron chi connectivity index (χ3n) is 1.73. The first-order valence-electron chi connectivity index (χ1n) is 4.52. The Hall–Kier alpha value is -0.610. The monoisotopic (exact) mass is 232 g/mol. The minimum Gasteiger partial charge on any atom is -0.355 e. The Balaban J connectivity index is 2.27. The molecule has 0 aliphatic carbocycles. The number of rotatable bonds is 5.